The van der Waals surface area contributed by atoms with Gasteiger partial charge in [0.1, 0.15) is 0 Å². The molecule has 1 N–H and O–H groups in total. The number of halogens is 3. The number of aromatic nitrogens is 2. The zero-order valence-electron chi connectivity index (χ0n) is 20.5. The monoisotopic (exact) mass is 563 g/mol. The zero-order valence-corrected chi connectivity index (χ0v) is 22.2. The maximum atomic E-state index is 14.1. The van der Waals surface area contributed by atoms with E-state index in [-0.39, 0.29) is 16.9 Å². The minimum absolute atomic E-state index is 0.138. The van der Waals surface area contributed by atoms with Crippen LogP contribution in [0.15, 0.2) is 57.4 Å². The number of nitrogens with zero attached hydrogens (tertiary/aromatic N) is 4. The fourth-order valence-electron chi connectivity index (χ4n) is 4.46. The topological polar surface area (TPSA) is 98.7 Å². The number of hydrogen-bond acceptors (Lipinski definition) is 7. The molecule has 0 unspecified atom stereocenters. The van der Waals surface area contributed by atoms with Crippen molar-refractivity contribution in [3.8, 4) is 0 Å². The molecule has 0 saturated carbocycles. The lowest BCUT2D eigenvalue weighted by Crippen LogP contribution is -2.46. The van der Waals surface area contributed by atoms with E-state index in [9.17, 15) is 26.4 Å². The Morgan fingerprint density at radius 2 is 1.84 bits per heavy atom. The van der Waals surface area contributed by atoms with Crippen molar-refractivity contribution >= 4 is 49.1 Å². The van der Waals surface area contributed by atoms with E-state index in [0.29, 0.717) is 35.5 Å². The minimum atomic E-state index is -4.80. The molecule has 8 nitrogen and oxygen atoms in total. The van der Waals surface area contributed by atoms with Crippen LogP contribution in [0.25, 0.3) is 16.5 Å². The minimum Gasteiger partial charge on any atom is -0.348 e. The third kappa shape index (κ3) is 5.36. The maximum Gasteiger partial charge on any atom is 0.416 e. The summed E-state index contributed by atoms with van der Waals surface area (Å²) in [6.45, 7) is 2.98. The smallest absolute Gasteiger partial charge is 0.348 e. The Labute approximate surface area is 221 Å². The summed E-state index contributed by atoms with van der Waals surface area (Å²) in [5.74, 6) is -0.507. The molecule has 13 heteroatoms. The zero-order chi connectivity index (χ0) is 27.2. The highest BCUT2D eigenvalue weighted by atomic mass is 32.2. The van der Waals surface area contributed by atoms with Gasteiger partial charge in [-0.3, -0.25) is 9.89 Å². The summed E-state index contributed by atoms with van der Waals surface area (Å²) in [5.41, 5.74) is 0.490. The van der Waals surface area contributed by atoms with E-state index in [4.69, 9.17) is 0 Å². The van der Waals surface area contributed by atoms with E-state index in [1.54, 1.807) is 24.4 Å². The number of carbonyl (C=O) groups excluding carboxylic acids is 1. The number of nitrogens with one attached hydrogen (secondary N) is 1. The first-order valence-corrected chi connectivity index (χ1v) is 14.4. The summed E-state index contributed by atoms with van der Waals surface area (Å²) in [6, 6.07) is 8.23. The summed E-state index contributed by atoms with van der Waals surface area (Å²) in [5, 5.41) is 8.11. The van der Waals surface area contributed by atoms with Crippen LogP contribution in [0.1, 0.15) is 16.7 Å². The Morgan fingerprint density at radius 3 is 2.53 bits per heavy atom. The third-order valence-electron chi connectivity index (χ3n) is 6.60. The number of fused-ring (bicyclic) bond motifs is 1. The molecule has 3 heterocycles. The van der Waals surface area contributed by atoms with Crippen LogP contribution in [0.4, 0.5) is 13.2 Å². The molecule has 0 spiro atoms. The fourth-order valence-corrected chi connectivity index (χ4v) is 6.17. The second-order valence-electron chi connectivity index (χ2n) is 9.34. The molecule has 5 rings (SSSR count). The highest BCUT2D eigenvalue weighted by Crippen LogP contribution is 2.40. The van der Waals surface area contributed by atoms with Crippen molar-refractivity contribution < 1.29 is 26.4 Å². The molecule has 0 bridgehead atoms. The van der Waals surface area contributed by atoms with Gasteiger partial charge >= 0.3 is 6.18 Å². The van der Waals surface area contributed by atoms with Crippen LogP contribution in [0.3, 0.4) is 0 Å². The van der Waals surface area contributed by atoms with Crippen LogP contribution < -0.4 is 0 Å². The molecule has 0 atom stereocenters. The highest BCUT2D eigenvalue weighted by Gasteiger charge is 2.36. The number of aliphatic imine (C=N–C) groups is 1. The predicted molar refractivity (Wildman–Crippen MR) is 140 cm³/mol. The number of rotatable bonds is 4. The number of sulfone groups is 1. The van der Waals surface area contributed by atoms with Gasteiger partial charge in [0.05, 0.1) is 27.1 Å². The number of thioether (sulfide) groups is 1. The van der Waals surface area contributed by atoms with Crippen LogP contribution >= 0.6 is 11.8 Å². The van der Waals surface area contributed by atoms with Crippen molar-refractivity contribution in [2.75, 3.05) is 39.5 Å². The van der Waals surface area contributed by atoms with Gasteiger partial charge in [-0.15, -0.1) is 0 Å². The first-order valence-electron chi connectivity index (χ1n) is 11.7. The molecule has 2 aliphatic heterocycles. The largest absolute Gasteiger partial charge is 0.416 e. The SMILES string of the molecule is CN1CCN(C2=NC(=O)C(=C(Cc3ccc(S(C)(=O)=O)cc3C(F)(F)F)c3ccc4[nH]ncc4c3)S2)CC1. The number of benzene rings is 2. The first kappa shape index (κ1) is 26.4. The van der Waals surface area contributed by atoms with E-state index < -0.39 is 32.4 Å². The Hall–Kier alpha value is -3.16. The van der Waals surface area contributed by atoms with E-state index in [2.05, 4.69) is 20.1 Å². The summed E-state index contributed by atoms with van der Waals surface area (Å²) >= 11 is 1.16. The van der Waals surface area contributed by atoms with Crippen LogP contribution in [-0.2, 0) is 27.2 Å². The molecule has 0 aliphatic carbocycles. The van der Waals surface area contributed by atoms with Crippen molar-refractivity contribution in [2.45, 2.75) is 17.5 Å². The number of amidine groups is 1. The Kier molecular flexibility index (Phi) is 6.86. The molecule has 0 radical (unpaired) electrons. The molecular formula is C25H24F3N5O3S2. The molecular weight excluding hydrogens is 539 g/mol. The lowest BCUT2D eigenvalue weighted by atomic mass is 9.93. The maximum absolute atomic E-state index is 14.1. The number of likely N-dealkylation sites (N-methyl/N-ethyl adjacent to an activating group) is 1. The van der Waals surface area contributed by atoms with Crippen molar-refractivity contribution in [2.24, 2.45) is 4.99 Å². The average Bonchev–Trinajstić information content (AvgIpc) is 3.48. The second kappa shape index (κ2) is 9.86. The number of carbonyl (C=O) groups is 1. The molecule has 2 aliphatic rings. The van der Waals surface area contributed by atoms with Gasteiger partial charge < -0.3 is 9.80 Å². The normalized spacial score (nSPS) is 18.8. The Bertz CT molecular complexity index is 1590. The average molecular weight is 564 g/mol. The van der Waals surface area contributed by atoms with Gasteiger partial charge in [0.2, 0.25) is 0 Å². The van der Waals surface area contributed by atoms with E-state index in [0.717, 1.165) is 48.1 Å². The summed E-state index contributed by atoms with van der Waals surface area (Å²) < 4.78 is 66.2. The van der Waals surface area contributed by atoms with E-state index in [1.165, 1.54) is 6.07 Å². The van der Waals surface area contributed by atoms with Crippen molar-refractivity contribution in [3.05, 3.63) is 64.2 Å². The van der Waals surface area contributed by atoms with Gasteiger partial charge in [-0.1, -0.05) is 12.1 Å². The van der Waals surface area contributed by atoms with Crippen molar-refractivity contribution in [1.29, 1.82) is 0 Å². The van der Waals surface area contributed by atoms with Crippen molar-refractivity contribution in [1.82, 2.24) is 20.0 Å². The third-order valence-corrected chi connectivity index (χ3v) is 8.87. The van der Waals surface area contributed by atoms with Crippen LogP contribution in [-0.4, -0.2) is 79.0 Å². The second-order valence-corrected chi connectivity index (χ2v) is 12.3. The summed E-state index contributed by atoms with van der Waals surface area (Å²) in [7, 11) is -1.85. The molecule has 200 valence electrons. The molecule has 1 fully saturated rings. The van der Waals surface area contributed by atoms with Gasteiger partial charge in [0.15, 0.2) is 15.0 Å². The summed E-state index contributed by atoms with van der Waals surface area (Å²) in [4.78, 5) is 21.4. The Balaban J connectivity index is 1.60. The number of alkyl halides is 3. The van der Waals surface area contributed by atoms with E-state index in [1.807, 2.05) is 11.9 Å². The van der Waals surface area contributed by atoms with Gasteiger partial charge in [-0.2, -0.15) is 23.3 Å². The van der Waals surface area contributed by atoms with Crippen LogP contribution in [0.5, 0.6) is 0 Å². The molecule has 3 aromatic rings. The number of aromatic amines is 1. The van der Waals surface area contributed by atoms with Gasteiger partial charge in [0, 0.05) is 37.8 Å². The number of H-pyrrole nitrogens is 1. The van der Waals surface area contributed by atoms with Gasteiger partial charge in [-0.05, 0) is 66.2 Å². The molecule has 2 aromatic carbocycles. The molecule has 1 aromatic heterocycles. The van der Waals surface area contributed by atoms with Gasteiger partial charge in [-0.25, -0.2) is 8.42 Å². The predicted octanol–water partition coefficient (Wildman–Crippen LogP) is 3.82. The standard InChI is InChI=1S/C25H24F3N5O3S2/c1-32-7-9-33(10-8-32)24-30-23(34)22(37-24)19(15-4-6-21-17(11-15)14-29-31-21)12-16-3-5-18(38(2,35)36)13-20(16)25(26,27)28/h3-6,11,13-14H,7-10,12H2,1-2H3,(H,29,31). The Morgan fingerprint density at radius 1 is 1.11 bits per heavy atom. The molecule has 1 saturated heterocycles. The van der Waals surface area contributed by atoms with E-state index >= 15 is 0 Å². The fraction of sp³-hybridized carbons (Fsp3) is 0.320. The number of amides is 1. The summed E-state index contributed by atoms with van der Waals surface area (Å²) in [6.07, 6.45) is -2.59. The number of piperazine rings is 1. The number of allylic oxidation sites excluding steroid dienone is 1. The lowest BCUT2D eigenvalue weighted by Gasteiger charge is -2.33. The quantitative estimate of drug-likeness (QED) is 0.482. The lowest BCUT2D eigenvalue weighted by molar-refractivity contribution is -0.138. The van der Waals surface area contributed by atoms with Gasteiger partial charge in [0.25, 0.3) is 5.91 Å². The molecule has 1 amide bonds. The van der Waals surface area contributed by atoms with Crippen LogP contribution in [0.2, 0.25) is 0 Å². The molecule has 38 heavy (non-hydrogen) atoms. The first-order chi connectivity index (χ1) is 17.9. The van der Waals surface area contributed by atoms with Crippen molar-refractivity contribution in [3.63, 3.8) is 0 Å². The van der Waals surface area contributed by atoms with Crippen LogP contribution in [0, 0.1) is 0 Å². The highest BCUT2D eigenvalue weighted by molar-refractivity contribution is 8.18. The number of hydrogen-bond donors (Lipinski definition) is 1.